The largest absolute Gasteiger partial charge is 0.363 e. The normalized spacial score (nSPS) is 17.5. The Morgan fingerprint density at radius 3 is 2.21 bits per heavy atom. The fraction of sp³-hybridized carbons (Fsp3) is 0.348. The summed E-state index contributed by atoms with van der Waals surface area (Å²) in [6.07, 6.45) is 2.54. The molecule has 2 aliphatic heterocycles. The minimum Gasteiger partial charge on any atom is -0.363 e. The number of carbonyl (C=O) groups is 2. The third-order valence-electron chi connectivity index (χ3n) is 5.50. The molecule has 0 saturated carbocycles. The SMILES string of the molecule is CCCN1C(=O)C(c2ccc(C)cc2)=C(N2CCN(c3ccccn3)CC2)C1=O. The number of benzene rings is 1. The molecule has 1 aromatic carbocycles. The van der Waals surface area contributed by atoms with Gasteiger partial charge in [0.1, 0.15) is 11.5 Å². The molecule has 2 amide bonds. The average molecular weight is 390 g/mol. The van der Waals surface area contributed by atoms with Gasteiger partial charge in [-0.3, -0.25) is 14.5 Å². The molecule has 0 unspecified atom stereocenters. The second kappa shape index (κ2) is 8.07. The molecule has 6 nitrogen and oxygen atoms in total. The zero-order valence-corrected chi connectivity index (χ0v) is 17.0. The standard InChI is InChI=1S/C23H26N4O2/c1-3-12-27-22(28)20(18-9-7-17(2)8-10-18)21(23(27)29)26-15-13-25(14-16-26)19-6-4-5-11-24-19/h4-11H,3,12-16H2,1-2H3. The molecule has 4 rings (SSSR count). The highest BCUT2D eigenvalue weighted by Gasteiger charge is 2.41. The lowest BCUT2D eigenvalue weighted by Gasteiger charge is -2.37. The second-order valence-corrected chi connectivity index (χ2v) is 7.51. The first kappa shape index (κ1) is 19.2. The Morgan fingerprint density at radius 1 is 0.897 bits per heavy atom. The van der Waals surface area contributed by atoms with Gasteiger partial charge in [0.15, 0.2) is 0 Å². The maximum absolute atomic E-state index is 13.2. The maximum atomic E-state index is 13.2. The highest BCUT2D eigenvalue weighted by Crippen LogP contribution is 2.32. The van der Waals surface area contributed by atoms with Crippen molar-refractivity contribution in [2.45, 2.75) is 20.3 Å². The van der Waals surface area contributed by atoms with E-state index in [-0.39, 0.29) is 11.8 Å². The van der Waals surface area contributed by atoms with Crippen LogP contribution >= 0.6 is 0 Å². The number of hydrogen-bond acceptors (Lipinski definition) is 5. The first-order valence-corrected chi connectivity index (χ1v) is 10.2. The first-order valence-electron chi connectivity index (χ1n) is 10.2. The van der Waals surface area contributed by atoms with Gasteiger partial charge in [0.05, 0.1) is 5.57 Å². The van der Waals surface area contributed by atoms with Crippen LogP contribution in [0.25, 0.3) is 5.57 Å². The Bertz CT molecular complexity index is 929. The molecular formula is C23H26N4O2. The van der Waals surface area contributed by atoms with Crippen LogP contribution in [0.5, 0.6) is 0 Å². The van der Waals surface area contributed by atoms with Crippen molar-refractivity contribution >= 4 is 23.2 Å². The minimum atomic E-state index is -0.178. The lowest BCUT2D eigenvalue weighted by Crippen LogP contribution is -2.48. The molecule has 1 aromatic heterocycles. The minimum absolute atomic E-state index is 0.168. The maximum Gasteiger partial charge on any atom is 0.277 e. The number of imide groups is 1. The number of pyridine rings is 1. The van der Waals surface area contributed by atoms with Gasteiger partial charge in [0.2, 0.25) is 0 Å². The molecule has 150 valence electrons. The Morgan fingerprint density at radius 2 is 1.59 bits per heavy atom. The first-order chi connectivity index (χ1) is 14.1. The van der Waals surface area contributed by atoms with Gasteiger partial charge in [-0.2, -0.15) is 0 Å². The van der Waals surface area contributed by atoms with Crippen LogP contribution in [0.4, 0.5) is 5.82 Å². The molecule has 0 atom stereocenters. The van der Waals surface area contributed by atoms with Crippen molar-refractivity contribution < 1.29 is 9.59 Å². The second-order valence-electron chi connectivity index (χ2n) is 7.51. The summed E-state index contributed by atoms with van der Waals surface area (Å²) in [6, 6.07) is 13.7. The van der Waals surface area contributed by atoms with Crippen LogP contribution in [0.15, 0.2) is 54.4 Å². The molecule has 1 saturated heterocycles. The molecule has 3 heterocycles. The fourth-order valence-electron chi connectivity index (χ4n) is 3.96. The summed E-state index contributed by atoms with van der Waals surface area (Å²) in [7, 11) is 0. The van der Waals surface area contributed by atoms with E-state index in [2.05, 4.69) is 14.8 Å². The summed E-state index contributed by atoms with van der Waals surface area (Å²) in [6.45, 7) is 7.33. The molecule has 0 N–H and O–H groups in total. The molecule has 2 aromatic rings. The Hall–Kier alpha value is -3.15. The van der Waals surface area contributed by atoms with Crippen LogP contribution in [0.3, 0.4) is 0 Å². The van der Waals surface area contributed by atoms with Gasteiger partial charge in [-0.05, 0) is 31.0 Å². The van der Waals surface area contributed by atoms with Gasteiger partial charge in [0.25, 0.3) is 11.8 Å². The van der Waals surface area contributed by atoms with E-state index in [1.807, 2.05) is 56.3 Å². The number of hydrogen-bond donors (Lipinski definition) is 0. The van der Waals surface area contributed by atoms with Crippen LogP contribution in [0.1, 0.15) is 24.5 Å². The molecule has 0 aliphatic carbocycles. The van der Waals surface area contributed by atoms with E-state index in [4.69, 9.17) is 0 Å². The van der Waals surface area contributed by atoms with Gasteiger partial charge in [-0.25, -0.2) is 4.98 Å². The van der Waals surface area contributed by atoms with Crippen LogP contribution in [-0.2, 0) is 9.59 Å². The summed E-state index contributed by atoms with van der Waals surface area (Å²) in [5.41, 5.74) is 3.03. The van der Waals surface area contributed by atoms with Gasteiger partial charge in [-0.15, -0.1) is 0 Å². The van der Waals surface area contributed by atoms with Gasteiger partial charge in [0, 0.05) is 38.9 Å². The van der Waals surface area contributed by atoms with Crippen molar-refractivity contribution in [3.8, 4) is 0 Å². The van der Waals surface area contributed by atoms with E-state index < -0.39 is 0 Å². The third kappa shape index (κ3) is 3.62. The number of piperazine rings is 1. The number of carbonyl (C=O) groups excluding carboxylic acids is 2. The highest BCUT2D eigenvalue weighted by molar-refractivity contribution is 6.35. The van der Waals surface area contributed by atoms with Crippen LogP contribution in [0.2, 0.25) is 0 Å². The smallest absolute Gasteiger partial charge is 0.277 e. The Kier molecular flexibility index (Phi) is 5.34. The van der Waals surface area contributed by atoms with E-state index in [0.717, 1.165) is 36.5 Å². The molecule has 1 fully saturated rings. The summed E-state index contributed by atoms with van der Waals surface area (Å²) in [4.78, 5) is 36.4. The average Bonchev–Trinajstić information content (AvgIpc) is 3.00. The van der Waals surface area contributed by atoms with Gasteiger partial charge in [-0.1, -0.05) is 42.8 Å². The highest BCUT2D eigenvalue weighted by atomic mass is 16.2. The quantitative estimate of drug-likeness (QED) is 0.735. The van der Waals surface area contributed by atoms with E-state index in [1.165, 1.54) is 4.90 Å². The van der Waals surface area contributed by atoms with Crippen molar-refractivity contribution in [1.82, 2.24) is 14.8 Å². The van der Waals surface area contributed by atoms with Crippen molar-refractivity contribution in [3.63, 3.8) is 0 Å². The topological polar surface area (TPSA) is 56.8 Å². The zero-order valence-electron chi connectivity index (χ0n) is 17.0. The van der Waals surface area contributed by atoms with Crippen molar-refractivity contribution in [2.75, 3.05) is 37.6 Å². The Balaban J connectivity index is 1.64. The number of aryl methyl sites for hydroxylation is 1. The predicted molar refractivity (Wildman–Crippen MR) is 113 cm³/mol. The van der Waals surface area contributed by atoms with E-state index in [9.17, 15) is 9.59 Å². The summed E-state index contributed by atoms with van der Waals surface area (Å²) in [5, 5.41) is 0. The lowest BCUT2D eigenvalue weighted by molar-refractivity contribution is -0.137. The Labute approximate surface area is 171 Å². The van der Waals surface area contributed by atoms with E-state index >= 15 is 0 Å². The summed E-state index contributed by atoms with van der Waals surface area (Å²) >= 11 is 0. The fourth-order valence-corrected chi connectivity index (χ4v) is 3.96. The molecule has 6 heteroatoms. The van der Waals surface area contributed by atoms with Gasteiger partial charge >= 0.3 is 0 Å². The third-order valence-corrected chi connectivity index (χ3v) is 5.50. The van der Waals surface area contributed by atoms with Crippen molar-refractivity contribution in [1.29, 1.82) is 0 Å². The molecule has 0 radical (unpaired) electrons. The summed E-state index contributed by atoms with van der Waals surface area (Å²) < 4.78 is 0. The zero-order chi connectivity index (χ0) is 20.4. The molecule has 0 spiro atoms. The van der Waals surface area contributed by atoms with Crippen LogP contribution in [-0.4, -0.2) is 59.3 Å². The lowest BCUT2D eigenvalue weighted by atomic mass is 10.0. The number of amides is 2. The molecule has 2 aliphatic rings. The monoisotopic (exact) mass is 390 g/mol. The number of rotatable bonds is 5. The van der Waals surface area contributed by atoms with Crippen LogP contribution in [0, 0.1) is 6.92 Å². The summed E-state index contributed by atoms with van der Waals surface area (Å²) in [5.74, 6) is 0.600. The number of aromatic nitrogens is 1. The van der Waals surface area contributed by atoms with E-state index in [0.29, 0.717) is 30.9 Å². The van der Waals surface area contributed by atoms with E-state index in [1.54, 1.807) is 6.20 Å². The molecular weight excluding hydrogens is 364 g/mol. The molecule has 29 heavy (non-hydrogen) atoms. The molecule has 0 bridgehead atoms. The van der Waals surface area contributed by atoms with Gasteiger partial charge < -0.3 is 9.80 Å². The number of anilines is 1. The predicted octanol–water partition coefficient (Wildman–Crippen LogP) is 2.70. The van der Waals surface area contributed by atoms with Crippen molar-refractivity contribution in [3.05, 3.63) is 65.5 Å². The number of nitrogens with zero attached hydrogens (tertiary/aromatic N) is 4. The van der Waals surface area contributed by atoms with Crippen LogP contribution < -0.4 is 4.90 Å². The van der Waals surface area contributed by atoms with Crippen molar-refractivity contribution in [2.24, 2.45) is 0 Å².